The molecule has 0 spiro atoms. The fourth-order valence-corrected chi connectivity index (χ4v) is 3.57. The van der Waals surface area contributed by atoms with Crippen molar-refractivity contribution in [3.05, 3.63) is 69.9 Å². The molecule has 3 aromatic rings. The summed E-state index contributed by atoms with van der Waals surface area (Å²) < 4.78 is 11.6. The van der Waals surface area contributed by atoms with Crippen molar-refractivity contribution in [2.45, 2.75) is 17.5 Å². The Morgan fingerprint density at radius 2 is 2.27 bits per heavy atom. The Morgan fingerprint density at radius 1 is 1.46 bits per heavy atom. The van der Waals surface area contributed by atoms with E-state index < -0.39 is 5.97 Å². The number of carbonyl (C=O) groups excluding carboxylic acids is 1. The van der Waals surface area contributed by atoms with Gasteiger partial charge < -0.3 is 9.15 Å². The van der Waals surface area contributed by atoms with Gasteiger partial charge in [0.25, 0.3) is 5.56 Å². The van der Waals surface area contributed by atoms with Gasteiger partial charge in [0, 0.05) is 11.6 Å². The van der Waals surface area contributed by atoms with E-state index in [0.717, 1.165) is 0 Å². The maximum atomic E-state index is 12.8. The van der Waals surface area contributed by atoms with Gasteiger partial charge in [-0.2, -0.15) is 0 Å². The molecule has 0 saturated carbocycles. The first-order valence-electron chi connectivity index (χ1n) is 7.63. The molecule has 0 aliphatic rings. The van der Waals surface area contributed by atoms with E-state index in [9.17, 15) is 9.59 Å². The molecule has 2 aromatic heterocycles. The Hall–Kier alpha value is -2.51. The van der Waals surface area contributed by atoms with Gasteiger partial charge in [-0.1, -0.05) is 29.4 Å². The number of furan rings is 1. The van der Waals surface area contributed by atoms with Gasteiger partial charge in [0.2, 0.25) is 0 Å². The van der Waals surface area contributed by atoms with E-state index in [2.05, 4.69) is 11.6 Å². The van der Waals surface area contributed by atoms with Gasteiger partial charge in [0.15, 0.2) is 5.16 Å². The summed E-state index contributed by atoms with van der Waals surface area (Å²) in [4.78, 5) is 29.1. The van der Waals surface area contributed by atoms with Crippen molar-refractivity contribution in [3.8, 4) is 0 Å². The minimum absolute atomic E-state index is 0.179. The lowest BCUT2D eigenvalue weighted by Gasteiger charge is -2.11. The summed E-state index contributed by atoms with van der Waals surface area (Å²) in [5.74, 6) is 0.288. The molecule has 0 unspecified atom stereocenters. The molecule has 3 rings (SSSR count). The van der Waals surface area contributed by atoms with Crippen LogP contribution in [0, 0.1) is 0 Å². The van der Waals surface area contributed by atoms with Crippen LogP contribution in [0.4, 0.5) is 0 Å². The zero-order valence-corrected chi connectivity index (χ0v) is 15.5. The van der Waals surface area contributed by atoms with Gasteiger partial charge in [0.1, 0.15) is 11.3 Å². The van der Waals surface area contributed by atoms with Crippen molar-refractivity contribution in [1.29, 1.82) is 0 Å². The number of carbonyl (C=O) groups is 1. The first-order chi connectivity index (χ1) is 12.5. The highest BCUT2D eigenvalue weighted by Crippen LogP contribution is 2.25. The van der Waals surface area contributed by atoms with Crippen LogP contribution in [0.25, 0.3) is 10.9 Å². The molecule has 26 heavy (non-hydrogen) atoms. The standard InChI is InChI=1S/C18H15ClN2O4S/c1-3-7-21-16(22)12-5-4-11(19)9-14(12)20-18(21)26-10-15-13(6-8-25-15)17(23)24-2/h3-6,8-9H,1,7,10H2,2H3. The van der Waals surface area contributed by atoms with Crippen molar-refractivity contribution < 1.29 is 13.9 Å². The SMILES string of the molecule is C=CCn1c(SCc2occc2C(=O)OC)nc2cc(Cl)ccc2c1=O. The number of hydrogen-bond donors (Lipinski definition) is 0. The van der Waals surface area contributed by atoms with Crippen molar-refractivity contribution in [2.24, 2.45) is 0 Å². The van der Waals surface area contributed by atoms with Crippen LogP contribution in [-0.2, 0) is 17.0 Å². The molecular weight excluding hydrogens is 376 g/mol. The third-order valence-electron chi connectivity index (χ3n) is 3.68. The molecule has 0 amide bonds. The zero-order chi connectivity index (χ0) is 18.7. The van der Waals surface area contributed by atoms with Crippen molar-refractivity contribution in [3.63, 3.8) is 0 Å². The number of esters is 1. The molecule has 2 heterocycles. The second kappa shape index (κ2) is 7.80. The number of rotatable bonds is 6. The maximum Gasteiger partial charge on any atom is 0.341 e. The monoisotopic (exact) mass is 390 g/mol. The Kier molecular flexibility index (Phi) is 5.49. The molecular formula is C18H15ClN2O4S. The lowest BCUT2D eigenvalue weighted by atomic mass is 10.2. The Balaban J connectivity index is 2.00. The predicted molar refractivity (Wildman–Crippen MR) is 101 cm³/mol. The number of fused-ring (bicyclic) bond motifs is 1. The van der Waals surface area contributed by atoms with Gasteiger partial charge >= 0.3 is 5.97 Å². The number of thioether (sulfide) groups is 1. The van der Waals surface area contributed by atoms with E-state index in [1.54, 1.807) is 30.3 Å². The molecule has 0 radical (unpaired) electrons. The topological polar surface area (TPSA) is 74.3 Å². The average molecular weight is 391 g/mol. The number of methoxy groups -OCH3 is 1. The number of nitrogens with zero attached hydrogens (tertiary/aromatic N) is 2. The Labute approximate surface area is 158 Å². The second-order valence-corrected chi connectivity index (χ2v) is 6.68. The summed E-state index contributed by atoms with van der Waals surface area (Å²) in [6.45, 7) is 4.01. The molecule has 0 fully saturated rings. The first-order valence-corrected chi connectivity index (χ1v) is 9.00. The van der Waals surface area contributed by atoms with Crippen LogP contribution in [-0.4, -0.2) is 22.6 Å². The fourth-order valence-electron chi connectivity index (χ4n) is 2.45. The normalized spacial score (nSPS) is 10.8. The quantitative estimate of drug-likeness (QED) is 0.275. The van der Waals surface area contributed by atoms with Gasteiger partial charge in [-0.3, -0.25) is 9.36 Å². The number of allylic oxidation sites excluding steroid dienone is 1. The van der Waals surface area contributed by atoms with Gasteiger partial charge in [0.05, 0.1) is 30.0 Å². The molecule has 0 atom stereocenters. The minimum atomic E-state index is -0.476. The molecule has 6 nitrogen and oxygen atoms in total. The number of hydrogen-bond acceptors (Lipinski definition) is 6. The molecule has 0 aliphatic carbocycles. The number of benzene rings is 1. The lowest BCUT2D eigenvalue weighted by molar-refractivity contribution is 0.0598. The summed E-state index contributed by atoms with van der Waals surface area (Å²) in [6, 6.07) is 6.51. The van der Waals surface area contributed by atoms with Crippen molar-refractivity contribution >= 4 is 40.2 Å². The van der Waals surface area contributed by atoms with Crippen LogP contribution >= 0.6 is 23.4 Å². The van der Waals surface area contributed by atoms with Crippen LogP contribution in [0.1, 0.15) is 16.1 Å². The first kappa shape index (κ1) is 18.3. The van der Waals surface area contributed by atoms with Crippen LogP contribution < -0.4 is 5.56 Å². The van der Waals surface area contributed by atoms with E-state index in [4.69, 9.17) is 20.8 Å². The van der Waals surface area contributed by atoms with Crippen LogP contribution in [0.3, 0.4) is 0 Å². The summed E-state index contributed by atoms with van der Waals surface area (Å²) in [7, 11) is 1.31. The molecule has 0 bridgehead atoms. The van der Waals surface area contributed by atoms with Crippen molar-refractivity contribution in [2.75, 3.05) is 7.11 Å². The molecule has 8 heteroatoms. The van der Waals surface area contributed by atoms with Gasteiger partial charge in [-0.15, -0.1) is 6.58 Å². The van der Waals surface area contributed by atoms with E-state index >= 15 is 0 Å². The lowest BCUT2D eigenvalue weighted by Crippen LogP contribution is -2.22. The summed E-state index contributed by atoms with van der Waals surface area (Å²) in [5, 5.41) is 1.46. The van der Waals surface area contributed by atoms with E-state index in [1.807, 2.05) is 0 Å². The maximum absolute atomic E-state index is 12.8. The summed E-state index contributed by atoms with van der Waals surface area (Å²) in [5.41, 5.74) is 0.682. The molecule has 1 aromatic carbocycles. The number of ether oxygens (including phenoxy) is 1. The molecule has 0 N–H and O–H groups in total. The summed E-state index contributed by atoms with van der Waals surface area (Å²) in [6.07, 6.45) is 3.05. The highest BCUT2D eigenvalue weighted by Gasteiger charge is 2.17. The van der Waals surface area contributed by atoms with Crippen molar-refractivity contribution in [1.82, 2.24) is 9.55 Å². The van der Waals surface area contributed by atoms with E-state index in [-0.39, 0.29) is 5.56 Å². The predicted octanol–water partition coefficient (Wildman–Crippen LogP) is 3.91. The van der Waals surface area contributed by atoms with Gasteiger partial charge in [-0.25, -0.2) is 9.78 Å². The highest BCUT2D eigenvalue weighted by molar-refractivity contribution is 7.98. The Bertz CT molecular complexity index is 1040. The third-order valence-corrected chi connectivity index (χ3v) is 4.89. The van der Waals surface area contributed by atoms with Crippen LogP contribution in [0.15, 0.2) is 57.6 Å². The average Bonchev–Trinajstić information content (AvgIpc) is 3.10. The highest BCUT2D eigenvalue weighted by atomic mass is 35.5. The minimum Gasteiger partial charge on any atom is -0.468 e. The molecule has 0 aliphatic heterocycles. The third kappa shape index (κ3) is 3.54. The van der Waals surface area contributed by atoms with Gasteiger partial charge in [-0.05, 0) is 24.3 Å². The molecule has 0 saturated heterocycles. The molecule has 134 valence electrons. The number of halogens is 1. The summed E-state index contributed by atoms with van der Waals surface area (Å²) >= 11 is 7.30. The zero-order valence-electron chi connectivity index (χ0n) is 13.9. The van der Waals surface area contributed by atoms with E-state index in [0.29, 0.717) is 44.7 Å². The second-order valence-electron chi connectivity index (χ2n) is 5.30. The van der Waals surface area contributed by atoms with Crippen LogP contribution in [0.5, 0.6) is 0 Å². The smallest absolute Gasteiger partial charge is 0.341 e. The largest absolute Gasteiger partial charge is 0.468 e. The Morgan fingerprint density at radius 3 is 3.00 bits per heavy atom. The number of aromatic nitrogens is 2. The van der Waals surface area contributed by atoms with E-state index in [1.165, 1.54) is 29.7 Å². The van der Waals surface area contributed by atoms with Crippen LogP contribution in [0.2, 0.25) is 5.02 Å². The fraction of sp³-hybridized carbons (Fsp3) is 0.167.